The molecule has 82 valence electrons. The van der Waals surface area contributed by atoms with Crippen LogP contribution in [0.15, 0.2) is 12.3 Å². The summed E-state index contributed by atoms with van der Waals surface area (Å²) in [6.07, 6.45) is 2.91. The van der Waals surface area contributed by atoms with E-state index in [9.17, 15) is 0 Å². The molecule has 15 heavy (non-hydrogen) atoms. The van der Waals surface area contributed by atoms with Crippen molar-refractivity contribution in [2.45, 2.75) is 33.1 Å². The van der Waals surface area contributed by atoms with Gasteiger partial charge in [0.1, 0.15) is 10.9 Å². The molecule has 3 heteroatoms. The number of pyridine rings is 1. The number of hydrogen-bond acceptors (Lipinski definition) is 2. The van der Waals surface area contributed by atoms with Gasteiger partial charge in [-0.3, -0.25) is 0 Å². The molecule has 1 unspecified atom stereocenters. The zero-order valence-electron chi connectivity index (χ0n) is 9.38. The lowest BCUT2D eigenvalue weighted by Crippen LogP contribution is -2.25. The first-order valence-corrected chi connectivity index (χ1v) is 5.64. The topological polar surface area (TPSA) is 22.1 Å². The predicted molar refractivity (Wildman–Crippen MR) is 61.6 cm³/mol. The summed E-state index contributed by atoms with van der Waals surface area (Å²) in [5, 5.41) is 0.503. The van der Waals surface area contributed by atoms with E-state index in [1.165, 1.54) is 5.56 Å². The second-order valence-corrected chi connectivity index (χ2v) is 5.49. The van der Waals surface area contributed by atoms with Crippen LogP contribution in [0.5, 0.6) is 5.75 Å². The van der Waals surface area contributed by atoms with E-state index in [0.717, 1.165) is 18.8 Å². The van der Waals surface area contributed by atoms with Gasteiger partial charge in [0.2, 0.25) is 0 Å². The lowest BCUT2D eigenvalue weighted by Gasteiger charge is -2.35. The molecule has 2 rings (SSSR count). The van der Waals surface area contributed by atoms with E-state index >= 15 is 0 Å². The Kier molecular flexibility index (Phi) is 2.63. The molecular formula is C12H16ClNO. The van der Waals surface area contributed by atoms with Crippen LogP contribution in [-0.4, -0.2) is 11.6 Å². The highest BCUT2D eigenvalue weighted by Crippen LogP contribution is 2.44. The van der Waals surface area contributed by atoms with Crippen molar-refractivity contribution in [1.29, 1.82) is 0 Å². The molecule has 1 aliphatic rings. The standard InChI is InChI=1S/C12H16ClNO/c1-12(2,3)9-4-5-15-10-6-11(13)14-7-8(9)10/h6-7,9H,4-5H2,1-3H3. The first-order valence-electron chi connectivity index (χ1n) is 5.27. The molecule has 0 saturated heterocycles. The number of fused-ring (bicyclic) bond motifs is 1. The Bertz CT molecular complexity index is 370. The van der Waals surface area contributed by atoms with Crippen molar-refractivity contribution in [1.82, 2.24) is 4.98 Å². The van der Waals surface area contributed by atoms with Gasteiger partial charge in [-0.1, -0.05) is 32.4 Å². The van der Waals surface area contributed by atoms with E-state index in [1.54, 1.807) is 0 Å². The minimum Gasteiger partial charge on any atom is -0.493 e. The van der Waals surface area contributed by atoms with Crippen LogP contribution in [-0.2, 0) is 0 Å². The van der Waals surface area contributed by atoms with E-state index in [4.69, 9.17) is 16.3 Å². The Labute approximate surface area is 95.6 Å². The molecule has 0 radical (unpaired) electrons. The van der Waals surface area contributed by atoms with Crippen molar-refractivity contribution >= 4 is 11.6 Å². The summed E-state index contributed by atoms with van der Waals surface area (Å²) < 4.78 is 5.61. The molecule has 1 aromatic heterocycles. The van der Waals surface area contributed by atoms with Gasteiger partial charge in [-0.05, 0) is 17.8 Å². The highest BCUT2D eigenvalue weighted by Gasteiger charge is 2.31. The van der Waals surface area contributed by atoms with E-state index < -0.39 is 0 Å². The number of ether oxygens (including phenoxy) is 1. The molecule has 2 heterocycles. The van der Waals surface area contributed by atoms with Gasteiger partial charge < -0.3 is 4.74 Å². The summed E-state index contributed by atoms with van der Waals surface area (Å²) in [5.41, 5.74) is 1.44. The van der Waals surface area contributed by atoms with Crippen molar-refractivity contribution in [3.05, 3.63) is 23.0 Å². The summed E-state index contributed by atoms with van der Waals surface area (Å²) in [6.45, 7) is 7.53. The van der Waals surface area contributed by atoms with Crippen LogP contribution in [0, 0.1) is 5.41 Å². The Balaban J connectivity index is 2.43. The maximum atomic E-state index is 5.85. The molecule has 1 atom stereocenters. The smallest absolute Gasteiger partial charge is 0.132 e. The van der Waals surface area contributed by atoms with Gasteiger partial charge in [-0.25, -0.2) is 4.98 Å². The molecule has 0 aliphatic carbocycles. The monoisotopic (exact) mass is 225 g/mol. The SMILES string of the molecule is CC(C)(C)C1CCOc2cc(Cl)ncc21. The minimum absolute atomic E-state index is 0.244. The number of nitrogens with zero attached hydrogens (tertiary/aromatic N) is 1. The maximum absolute atomic E-state index is 5.85. The fraction of sp³-hybridized carbons (Fsp3) is 0.583. The summed E-state index contributed by atoms with van der Waals surface area (Å²) >= 11 is 5.85. The van der Waals surface area contributed by atoms with Crippen LogP contribution < -0.4 is 4.74 Å². The van der Waals surface area contributed by atoms with Crippen LogP contribution in [0.2, 0.25) is 5.15 Å². The third-order valence-corrected chi connectivity index (χ3v) is 3.15. The third kappa shape index (κ3) is 2.10. The number of halogens is 1. The Morgan fingerprint density at radius 2 is 2.20 bits per heavy atom. The first-order chi connectivity index (χ1) is 6.98. The molecule has 0 saturated carbocycles. The molecule has 2 nitrogen and oxygen atoms in total. The highest BCUT2D eigenvalue weighted by atomic mass is 35.5. The summed E-state index contributed by atoms with van der Waals surface area (Å²) in [7, 11) is 0. The summed E-state index contributed by atoms with van der Waals surface area (Å²) in [5.74, 6) is 1.41. The van der Waals surface area contributed by atoms with Crippen molar-refractivity contribution in [3.63, 3.8) is 0 Å². The lowest BCUT2D eigenvalue weighted by molar-refractivity contribution is 0.203. The lowest BCUT2D eigenvalue weighted by atomic mass is 9.74. The fourth-order valence-corrected chi connectivity index (χ4v) is 2.30. The average Bonchev–Trinajstić information content (AvgIpc) is 2.15. The van der Waals surface area contributed by atoms with E-state index in [0.29, 0.717) is 11.1 Å². The Morgan fingerprint density at radius 3 is 2.87 bits per heavy atom. The Hall–Kier alpha value is -0.760. The molecule has 1 aromatic rings. The van der Waals surface area contributed by atoms with Crippen LogP contribution in [0.3, 0.4) is 0 Å². The van der Waals surface area contributed by atoms with Gasteiger partial charge in [0, 0.05) is 17.8 Å². The van der Waals surface area contributed by atoms with Crippen LogP contribution in [0.1, 0.15) is 38.7 Å². The van der Waals surface area contributed by atoms with Gasteiger partial charge >= 0.3 is 0 Å². The molecule has 0 fully saturated rings. The van der Waals surface area contributed by atoms with Crippen molar-refractivity contribution in [2.75, 3.05) is 6.61 Å². The molecular weight excluding hydrogens is 210 g/mol. The van der Waals surface area contributed by atoms with Gasteiger partial charge in [0.15, 0.2) is 0 Å². The van der Waals surface area contributed by atoms with E-state index in [-0.39, 0.29) is 5.41 Å². The van der Waals surface area contributed by atoms with Gasteiger partial charge in [-0.2, -0.15) is 0 Å². The minimum atomic E-state index is 0.244. The van der Waals surface area contributed by atoms with Crippen molar-refractivity contribution < 1.29 is 4.74 Å². The second kappa shape index (κ2) is 3.67. The largest absolute Gasteiger partial charge is 0.493 e. The van der Waals surface area contributed by atoms with E-state index in [2.05, 4.69) is 25.8 Å². The molecule has 0 bridgehead atoms. The normalized spacial score (nSPS) is 20.7. The van der Waals surface area contributed by atoms with Crippen LogP contribution >= 0.6 is 11.6 Å². The number of hydrogen-bond donors (Lipinski definition) is 0. The zero-order valence-corrected chi connectivity index (χ0v) is 10.1. The average molecular weight is 226 g/mol. The van der Waals surface area contributed by atoms with Gasteiger partial charge in [-0.15, -0.1) is 0 Å². The number of rotatable bonds is 0. The van der Waals surface area contributed by atoms with E-state index in [1.807, 2.05) is 12.3 Å². The highest BCUT2D eigenvalue weighted by molar-refractivity contribution is 6.29. The molecule has 1 aliphatic heterocycles. The molecule has 0 N–H and O–H groups in total. The van der Waals surface area contributed by atoms with Crippen LogP contribution in [0.25, 0.3) is 0 Å². The van der Waals surface area contributed by atoms with Crippen molar-refractivity contribution in [2.24, 2.45) is 5.41 Å². The maximum Gasteiger partial charge on any atom is 0.132 e. The Morgan fingerprint density at radius 1 is 1.47 bits per heavy atom. The van der Waals surface area contributed by atoms with Gasteiger partial charge in [0.25, 0.3) is 0 Å². The zero-order chi connectivity index (χ0) is 11.1. The molecule has 0 amide bonds. The summed E-state index contributed by atoms with van der Waals surface area (Å²) in [6, 6.07) is 1.81. The molecule has 0 aromatic carbocycles. The predicted octanol–water partition coefficient (Wildman–Crippen LogP) is 3.65. The number of aromatic nitrogens is 1. The first kappa shape index (κ1) is 10.7. The second-order valence-electron chi connectivity index (χ2n) is 5.10. The molecule has 0 spiro atoms. The van der Waals surface area contributed by atoms with Crippen LogP contribution in [0.4, 0.5) is 0 Å². The summed E-state index contributed by atoms with van der Waals surface area (Å²) in [4.78, 5) is 4.14. The van der Waals surface area contributed by atoms with Crippen molar-refractivity contribution in [3.8, 4) is 5.75 Å². The fourth-order valence-electron chi connectivity index (χ4n) is 2.15. The quantitative estimate of drug-likeness (QED) is 0.629. The van der Waals surface area contributed by atoms with Gasteiger partial charge in [0.05, 0.1) is 6.61 Å². The third-order valence-electron chi connectivity index (χ3n) is 2.95.